The van der Waals surface area contributed by atoms with Crippen molar-refractivity contribution in [3.63, 3.8) is 0 Å². The lowest BCUT2D eigenvalue weighted by atomic mass is 10.2. The highest BCUT2D eigenvalue weighted by molar-refractivity contribution is 7.10. The van der Waals surface area contributed by atoms with Gasteiger partial charge in [-0.3, -0.25) is 0 Å². The van der Waals surface area contributed by atoms with Gasteiger partial charge in [0.1, 0.15) is 17.4 Å². The predicted molar refractivity (Wildman–Crippen MR) is 71.8 cm³/mol. The molecule has 0 saturated carbocycles. The number of carboxylic acid groups (broad SMARTS) is 1. The lowest BCUT2D eigenvalue weighted by molar-refractivity contribution is 0.0690. The number of carboxylic acids is 1. The molecular weight excluding hydrogens is 272 g/mol. The molecule has 94 valence electrons. The first-order valence-corrected chi connectivity index (χ1v) is 6.56. The van der Waals surface area contributed by atoms with Crippen molar-refractivity contribution in [2.75, 3.05) is 0 Å². The summed E-state index contributed by atoms with van der Waals surface area (Å²) in [6.07, 6.45) is -0.190. The van der Waals surface area contributed by atoms with Crippen molar-refractivity contribution in [3.05, 3.63) is 51.2 Å². The molecule has 0 saturated heterocycles. The van der Waals surface area contributed by atoms with Crippen molar-refractivity contribution >= 4 is 28.9 Å². The Kier molecular flexibility index (Phi) is 3.89. The largest absolute Gasteiger partial charge is 0.484 e. The van der Waals surface area contributed by atoms with Crippen LogP contribution >= 0.6 is 22.9 Å². The molecule has 0 fully saturated rings. The minimum atomic E-state index is -1.05. The fourth-order valence-corrected chi connectivity index (χ4v) is 2.43. The van der Waals surface area contributed by atoms with Crippen LogP contribution in [-0.2, 0) is 0 Å². The number of benzene rings is 1. The van der Waals surface area contributed by atoms with Gasteiger partial charge in [0, 0.05) is 9.90 Å². The Bertz CT molecular complexity index is 551. The van der Waals surface area contributed by atoms with Gasteiger partial charge in [-0.05, 0) is 36.6 Å². The van der Waals surface area contributed by atoms with Crippen LogP contribution in [0.1, 0.15) is 28.3 Å². The molecule has 18 heavy (non-hydrogen) atoms. The lowest BCUT2D eigenvalue weighted by Gasteiger charge is -2.15. The lowest BCUT2D eigenvalue weighted by Crippen LogP contribution is -2.06. The molecule has 0 aliphatic rings. The predicted octanol–water partition coefficient (Wildman–Crippen LogP) is 4.24. The van der Waals surface area contributed by atoms with E-state index in [4.69, 9.17) is 21.4 Å². The second kappa shape index (κ2) is 5.42. The number of halogens is 1. The number of hydrogen-bond acceptors (Lipinski definition) is 3. The van der Waals surface area contributed by atoms with E-state index in [-0.39, 0.29) is 11.7 Å². The van der Waals surface area contributed by atoms with Gasteiger partial charge in [-0.15, -0.1) is 11.3 Å². The van der Waals surface area contributed by atoms with Crippen LogP contribution in [0.3, 0.4) is 0 Å². The molecule has 1 aromatic heterocycles. The van der Waals surface area contributed by atoms with Gasteiger partial charge in [0.2, 0.25) is 0 Å². The number of hydrogen-bond donors (Lipinski definition) is 1. The summed E-state index contributed by atoms with van der Waals surface area (Å²) in [6, 6.07) is 8.46. The minimum Gasteiger partial charge on any atom is -0.484 e. The second-order valence-corrected chi connectivity index (χ2v) is 5.14. The molecule has 0 radical (unpaired) electrons. The Morgan fingerprint density at radius 1 is 1.44 bits per heavy atom. The summed E-state index contributed by atoms with van der Waals surface area (Å²) in [7, 11) is 0. The van der Waals surface area contributed by atoms with E-state index in [0.29, 0.717) is 10.8 Å². The van der Waals surface area contributed by atoms with Crippen molar-refractivity contribution in [2.45, 2.75) is 13.0 Å². The van der Waals surface area contributed by atoms with Crippen LogP contribution in [-0.4, -0.2) is 11.1 Å². The summed E-state index contributed by atoms with van der Waals surface area (Å²) >= 11 is 7.35. The van der Waals surface area contributed by atoms with E-state index in [9.17, 15) is 4.79 Å². The Hall–Kier alpha value is -1.52. The van der Waals surface area contributed by atoms with Gasteiger partial charge in [-0.2, -0.15) is 0 Å². The highest BCUT2D eigenvalue weighted by atomic mass is 35.5. The van der Waals surface area contributed by atoms with Gasteiger partial charge < -0.3 is 9.84 Å². The van der Waals surface area contributed by atoms with Crippen LogP contribution in [0.5, 0.6) is 5.75 Å². The highest BCUT2D eigenvalue weighted by Crippen LogP contribution is 2.29. The smallest absolute Gasteiger partial charge is 0.339 e. The molecule has 0 amide bonds. The highest BCUT2D eigenvalue weighted by Gasteiger charge is 2.15. The Labute approximate surface area is 114 Å². The molecule has 1 unspecified atom stereocenters. The molecule has 0 aliphatic heterocycles. The third-order valence-corrected chi connectivity index (χ3v) is 3.69. The third-order valence-electron chi connectivity index (χ3n) is 2.42. The average molecular weight is 283 g/mol. The molecule has 1 N–H and O–H groups in total. The van der Waals surface area contributed by atoms with Crippen molar-refractivity contribution in [1.29, 1.82) is 0 Å². The van der Waals surface area contributed by atoms with Crippen LogP contribution in [0, 0.1) is 0 Å². The monoisotopic (exact) mass is 282 g/mol. The molecule has 0 aliphatic carbocycles. The maximum atomic E-state index is 11.1. The number of carbonyl (C=O) groups is 1. The van der Waals surface area contributed by atoms with Crippen molar-refractivity contribution < 1.29 is 14.6 Å². The summed E-state index contributed by atoms with van der Waals surface area (Å²) in [5.41, 5.74) is 0.0749. The summed E-state index contributed by atoms with van der Waals surface area (Å²) in [5.74, 6) is -0.723. The van der Waals surface area contributed by atoms with E-state index in [1.54, 1.807) is 23.5 Å². The number of rotatable bonds is 4. The first-order chi connectivity index (χ1) is 8.58. The summed E-state index contributed by atoms with van der Waals surface area (Å²) in [6.45, 7) is 1.88. The second-order valence-electron chi connectivity index (χ2n) is 3.72. The van der Waals surface area contributed by atoms with E-state index < -0.39 is 5.97 Å². The van der Waals surface area contributed by atoms with Crippen LogP contribution in [0.15, 0.2) is 35.7 Å². The Balaban J connectivity index is 2.26. The summed E-state index contributed by atoms with van der Waals surface area (Å²) in [4.78, 5) is 12.1. The first-order valence-electron chi connectivity index (χ1n) is 5.31. The van der Waals surface area contributed by atoms with Gasteiger partial charge in [0.25, 0.3) is 0 Å². The van der Waals surface area contributed by atoms with E-state index >= 15 is 0 Å². The molecule has 0 spiro atoms. The SMILES string of the molecule is CC(Oc1ccc(Cl)cc1C(=O)O)c1cccs1. The van der Waals surface area contributed by atoms with Crippen molar-refractivity contribution in [2.24, 2.45) is 0 Å². The normalized spacial score (nSPS) is 12.1. The average Bonchev–Trinajstić information content (AvgIpc) is 2.84. The van der Waals surface area contributed by atoms with Crippen LogP contribution < -0.4 is 4.74 Å². The molecular formula is C13H11ClO3S. The van der Waals surface area contributed by atoms with Gasteiger partial charge in [-0.1, -0.05) is 17.7 Å². The first kappa shape index (κ1) is 12.9. The third kappa shape index (κ3) is 2.83. The quantitative estimate of drug-likeness (QED) is 0.912. The molecule has 2 aromatic rings. The zero-order chi connectivity index (χ0) is 13.1. The van der Waals surface area contributed by atoms with Gasteiger partial charge in [0.05, 0.1) is 0 Å². The molecule has 1 aromatic carbocycles. The van der Waals surface area contributed by atoms with E-state index in [1.165, 1.54) is 6.07 Å². The van der Waals surface area contributed by atoms with Crippen LogP contribution in [0.2, 0.25) is 5.02 Å². The molecule has 1 heterocycles. The number of thiophene rings is 1. The molecule has 3 nitrogen and oxygen atoms in total. The molecule has 0 bridgehead atoms. The Morgan fingerprint density at radius 3 is 2.83 bits per heavy atom. The van der Waals surface area contributed by atoms with Gasteiger partial charge in [0.15, 0.2) is 0 Å². The van der Waals surface area contributed by atoms with Crippen molar-refractivity contribution in [3.8, 4) is 5.75 Å². The van der Waals surface area contributed by atoms with Gasteiger partial charge in [-0.25, -0.2) is 4.79 Å². The number of ether oxygens (including phenoxy) is 1. The standard InChI is InChI=1S/C13H11ClO3S/c1-8(12-3-2-6-18-12)17-11-5-4-9(14)7-10(11)13(15)16/h2-8H,1H3,(H,15,16). The van der Waals surface area contributed by atoms with E-state index in [2.05, 4.69) is 0 Å². The zero-order valence-electron chi connectivity index (χ0n) is 9.59. The minimum absolute atomic E-state index is 0.0749. The molecule has 2 rings (SSSR count). The summed E-state index contributed by atoms with van der Waals surface area (Å²) < 4.78 is 5.68. The fourth-order valence-electron chi connectivity index (χ4n) is 1.54. The van der Waals surface area contributed by atoms with E-state index in [1.807, 2.05) is 24.4 Å². The van der Waals surface area contributed by atoms with Crippen molar-refractivity contribution in [1.82, 2.24) is 0 Å². The maximum Gasteiger partial charge on any atom is 0.339 e. The van der Waals surface area contributed by atoms with Crippen LogP contribution in [0.4, 0.5) is 0 Å². The summed E-state index contributed by atoms with van der Waals surface area (Å²) in [5, 5.41) is 11.4. The molecule has 5 heteroatoms. The van der Waals surface area contributed by atoms with Gasteiger partial charge >= 0.3 is 5.97 Å². The maximum absolute atomic E-state index is 11.1. The fraction of sp³-hybridized carbons (Fsp3) is 0.154. The zero-order valence-corrected chi connectivity index (χ0v) is 11.2. The molecule has 1 atom stereocenters. The van der Waals surface area contributed by atoms with E-state index in [0.717, 1.165) is 4.88 Å². The van der Waals surface area contributed by atoms with Crippen LogP contribution in [0.25, 0.3) is 0 Å². The number of aromatic carboxylic acids is 1. The Morgan fingerprint density at radius 2 is 2.22 bits per heavy atom. The topological polar surface area (TPSA) is 46.5 Å².